The van der Waals surface area contributed by atoms with Crippen molar-refractivity contribution in [1.82, 2.24) is 14.7 Å². The van der Waals surface area contributed by atoms with Gasteiger partial charge in [0.2, 0.25) is 11.8 Å². The van der Waals surface area contributed by atoms with Crippen LogP contribution in [0.4, 0.5) is 4.39 Å². The van der Waals surface area contributed by atoms with Gasteiger partial charge in [0.25, 0.3) is 0 Å². The molecule has 0 aliphatic carbocycles. The molecule has 5 nitrogen and oxygen atoms in total. The molecule has 1 aliphatic rings. The van der Waals surface area contributed by atoms with Gasteiger partial charge in [-0.15, -0.1) is 0 Å². The van der Waals surface area contributed by atoms with E-state index in [1.165, 1.54) is 12.1 Å². The molecule has 6 heteroatoms. The first-order valence-corrected chi connectivity index (χ1v) is 7.90. The Hall–Kier alpha value is -1.95. The Morgan fingerprint density at radius 2 is 1.52 bits per heavy atom. The van der Waals surface area contributed by atoms with Gasteiger partial charge in [-0.25, -0.2) is 4.39 Å². The largest absolute Gasteiger partial charge is 0.339 e. The third kappa shape index (κ3) is 5.32. The summed E-state index contributed by atoms with van der Waals surface area (Å²) in [6, 6.07) is 6.00. The summed E-state index contributed by atoms with van der Waals surface area (Å²) in [5.74, 6) is -0.132. The highest BCUT2D eigenvalue weighted by Gasteiger charge is 2.23. The Balaban J connectivity index is 1.78. The highest BCUT2D eigenvalue weighted by Crippen LogP contribution is 2.09. The molecule has 1 fully saturated rings. The summed E-state index contributed by atoms with van der Waals surface area (Å²) in [7, 11) is 3.89. The number of hydrogen-bond donors (Lipinski definition) is 0. The smallest absolute Gasteiger partial charge is 0.227 e. The van der Waals surface area contributed by atoms with Crippen LogP contribution < -0.4 is 0 Å². The summed E-state index contributed by atoms with van der Waals surface area (Å²) in [6.07, 6.45) is 0.783. The van der Waals surface area contributed by atoms with Crippen molar-refractivity contribution in [2.24, 2.45) is 0 Å². The Labute approximate surface area is 136 Å². The normalized spacial score (nSPS) is 15.1. The fourth-order valence-corrected chi connectivity index (χ4v) is 2.57. The maximum atomic E-state index is 12.9. The number of rotatable bonds is 5. The zero-order valence-corrected chi connectivity index (χ0v) is 13.8. The van der Waals surface area contributed by atoms with E-state index in [-0.39, 0.29) is 24.1 Å². The molecule has 0 bridgehead atoms. The summed E-state index contributed by atoms with van der Waals surface area (Å²) >= 11 is 0. The number of carbonyl (C=O) groups excluding carboxylic acids is 2. The van der Waals surface area contributed by atoms with E-state index in [1.54, 1.807) is 17.0 Å². The standard InChI is InChI=1S/C17H24FN3O2/c1-19(2)8-7-16(22)20-9-11-21(12-10-20)17(23)13-14-3-5-15(18)6-4-14/h3-6H,7-13H2,1-2H3. The van der Waals surface area contributed by atoms with Crippen LogP contribution in [0.25, 0.3) is 0 Å². The first kappa shape index (κ1) is 17.4. The minimum Gasteiger partial charge on any atom is -0.339 e. The second-order valence-electron chi connectivity index (χ2n) is 6.12. The lowest BCUT2D eigenvalue weighted by Gasteiger charge is -2.35. The quantitative estimate of drug-likeness (QED) is 0.812. The van der Waals surface area contributed by atoms with Gasteiger partial charge in [-0.05, 0) is 31.8 Å². The van der Waals surface area contributed by atoms with E-state index in [0.29, 0.717) is 32.6 Å². The Morgan fingerprint density at radius 1 is 1.00 bits per heavy atom. The monoisotopic (exact) mass is 321 g/mol. The SMILES string of the molecule is CN(C)CCC(=O)N1CCN(C(=O)Cc2ccc(F)cc2)CC1. The van der Waals surface area contributed by atoms with E-state index in [0.717, 1.165) is 12.1 Å². The number of carbonyl (C=O) groups is 2. The van der Waals surface area contributed by atoms with E-state index < -0.39 is 0 Å². The zero-order valence-electron chi connectivity index (χ0n) is 13.8. The maximum Gasteiger partial charge on any atom is 0.227 e. The van der Waals surface area contributed by atoms with Gasteiger partial charge < -0.3 is 14.7 Å². The third-order valence-electron chi connectivity index (χ3n) is 4.03. The van der Waals surface area contributed by atoms with Crippen LogP contribution >= 0.6 is 0 Å². The van der Waals surface area contributed by atoms with Crippen LogP contribution in [-0.4, -0.2) is 73.3 Å². The zero-order chi connectivity index (χ0) is 16.8. The predicted octanol–water partition coefficient (Wildman–Crippen LogP) is 0.991. The van der Waals surface area contributed by atoms with E-state index in [4.69, 9.17) is 0 Å². The second kappa shape index (κ2) is 8.06. The molecule has 23 heavy (non-hydrogen) atoms. The van der Waals surface area contributed by atoms with Crippen molar-refractivity contribution in [3.8, 4) is 0 Å². The molecule has 0 spiro atoms. The van der Waals surface area contributed by atoms with Crippen LogP contribution in [0.15, 0.2) is 24.3 Å². The molecule has 0 aromatic heterocycles. The fraction of sp³-hybridized carbons (Fsp3) is 0.529. The van der Waals surface area contributed by atoms with Crippen molar-refractivity contribution in [2.45, 2.75) is 12.8 Å². The van der Waals surface area contributed by atoms with Gasteiger partial charge in [-0.3, -0.25) is 9.59 Å². The summed E-state index contributed by atoms with van der Waals surface area (Å²) < 4.78 is 12.9. The topological polar surface area (TPSA) is 43.9 Å². The van der Waals surface area contributed by atoms with Gasteiger partial charge in [-0.2, -0.15) is 0 Å². The summed E-state index contributed by atoms with van der Waals surface area (Å²) in [5, 5.41) is 0. The summed E-state index contributed by atoms with van der Waals surface area (Å²) in [5.41, 5.74) is 0.806. The average molecular weight is 321 g/mol. The van der Waals surface area contributed by atoms with E-state index in [1.807, 2.05) is 23.9 Å². The molecule has 0 radical (unpaired) electrons. The average Bonchev–Trinajstić information content (AvgIpc) is 2.55. The van der Waals surface area contributed by atoms with Gasteiger partial charge in [0.05, 0.1) is 6.42 Å². The summed E-state index contributed by atoms with van der Waals surface area (Å²) in [4.78, 5) is 29.9. The number of piperazine rings is 1. The molecule has 0 atom stereocenters. The predicted molar refractivity (Wildman–Crippen MR) is 86.4 cm³/mol. The van der Waals surface area contributed by atoms with Gasteiger partial charge in [0, 0.05) is 39.1 Å². The van der Waals surface area contributed by atoms with Crippen molar-refractivity contribution in [2.75, 3.05) is 46.8 Å². The van der Waals surface area contributed by atoms with Crippen LogP contribution in [0, 0.1) is 5.82 Å². The second-order valence-corrected chi connectivity index (χ2v) is 6.12. The van der Waals surface area contributed by atoms with Crippen LogP contribution in [0.5, 0.6) is 0 Å². The lowest BCUT2D eigenvalue weighted by molar-refractivity contribution is -0.139. The molecule has 1 saturated heterocycles. The minimum atomic E-state index is -0.300. The van der Waals surface area contributed by atoms with Gasteiger partial charge in [0.1, 0.15) is 5.82 Å². The molecular formula is C17H24FN3O2. The Morgan fingerprint density at radius 3 is 2.04 bits per heavy atom. The van der Waals surface area contributed by atoms with Gasteiger partial charge >= 0.3 is 0 Å². The third-order valence-corrected chi connectivity index (χ3v) is 4.03. The number of halogens is 1. The van der Waals surface area contributed by atoms with Crippen LogP contribution in [0.2, 0.25) is 0 Å². The molecule has 0 N–H and O–H groups in total. The van der Waals surface area contributed by atoms with Gasteiger partial charge in [-0.1, -0.05) is 12.1 Å². The van der Waals surface area contributed by atoms with Crippen molar-refractivity contribution >= 4 is 11.8 Å². The number of hydrogen-bond acceptors (Lipinski definition) is 3. The molecule has 0 saturated carbocycles. The molecular weight excluding hydrogens is 297 g/mol. The van der Waals surface area contributed by atoms with Crippen LogP contribution in [0.1, 0.15) is 12.0 Å². The lowest BCUT2D eigenvalue weighted by Crippen LogP contribution is -2.51. The maximum absolute atomic E-state index is 12.9. The molecule has 2 rings (SSSR count). The van der Waals surface area contributed by atoms with Crippen molar-refractivity contribution in [1.29, 1.82) is 0 Å². The molecule has 1 aromatic rings. The molecule has 1 aliphatic heterocycles. The van der Waals surface area contributed by atoms with Crippen molar-refractivity contribution < 1.29 is 14.0 Å². The first-order chi connectivity index (χ1) is 11.0. The minimum absolute atomic E-state index is 0.0250. The van der Waals surface area contributed by atoms with Crippen LogP contribution in [0.3, 0.4) is 0 Å². The molecule has 1 aromatic carbocycles. The molecule has 0 unspecified atom stereocenters. The van der Waals surface area contributed by atoms with Crippen molar-refractivity contribution in [3.05, 3.63) is 35.6 Å². The first-order valence-electron chi connectivity index (χ1n) is 7.90. The van der Waals surface area contributed by atoms with Crippen molar-refractivity contribution in [3.63, 3.8) is 0 Å². The fourth-order valence-electron chi connectivity index (χ4n) is 2.57. The number of nitrogens with zero attached hydrogens (tertiary/aromatic N) is 3. The summed E-state index contributed by atoms with van der Waals surface area (Å²) in [6.45, 7) is 3.03. The van der Waals surface area contributed by atoms with E-state index >= 15 is 0 Å². The Bertz CT molecular complexity index is 537. The highest BCUT2D eigenvalue weighted by atomic mass is 19.1. The van der Waals surface area contributed by atoms with E-state index in [2.05, 4.69) is 0 Å². The van der Waals surface area contributed by atoms with Gasteiger partial charge in [0.15, 0.2) is 0 Å². The Kier molecular flexibility index (Phi) is 6.10. The number of amides is 2. The van der Waals surface area contributed by atoms with E-state index in [9.17, 15) is 14.0 Å². The lowest BCUT2D eigenvalue weighted by atomic mass is 10.1. The number of benzene rings is 1. The van der Waals surface area contributed by atoms with Crippen LogP contribution in [-0.2, 0) is 16.0 Å². The highest BCUT2D eigenvalue weighted by molar-refractivity contribution is 5.80. The molecule has 1 heterocycles. The molecule has 126 valence electrons. The molecule has 2 amide bonds.